The molecule has 1 aliphatic rings. The average Bonchev–Trinajstić information content (AvgIpc) is 3.02. The van der Waals surface area contributed by atoms with Crippen LogP contribution in [0, 0.1) is 5.92 Å². The predicted octanol–water partition coefficient (Wildman–Crippen LogP) is 5.06. The van der Waals surface area contributed by atoms with Gasteiger partial charge in [0.05, 0.1) is 33.3 Å². The molecule has 250 valence electrons. The number of nitrogens with zero attached hydrogens (tertiary/aromatic N) is 3. The van der Waals surface area contributed by atoms with Crippen LogP contribution >= 0.6 is 11.6 Å². The summed E-state index contributed by atoms with van der Waals surface area (Å²) in [5, 5.41) is 8.81. The number of carboxylic acids is 1. The van der Waals surface area contributed by atoms with Gasteiger partial charge in [-0.2, -0.15) is 13.2 Å². The molecule has 4 rings (SSSR count). The Kier molecular flexibility index (Phi) is 13.6. The number of likely N-dealkylation sites (tertiary alicyclic amines) is 1. The number of ketones is 1. The van der Waals surface area contributed by atoms with Gasteiger partial charge < -0.3 is 30.6 Å². The number of piperidine rings is 1. The summed E-state index contributed by atoms with van der Waals surface area (Å²) in [4.78, 5) is 30.1. The third kappa shape index (κ3) is 11.5. The monoisotopic (exact) mass is 663 g/mol. The van der Waals surface area contributed by atoms with E-state index in [1.165, 1.54) is 24.0 Å². The van der Waals surface area contributed by atoms with Crippen LogP contribution in [0.5, 0.6) is 5.75 Å². The lowest BCUT2D eigenvalue weighted by Crippen LogP contribution is -2.55. The van der Waals surface area contributed by atoms with Crippen LogP contribution in [0.4, 0.5) is 24.8 Å². The first-order valence-electron chi connectivity index (χ1n) is 15.2. The Morgan fingerprint density at radius 1 is 0.957 bits per heavy atom. The molecule has 4 N–H and O–H groups in total. The Labute approximate surface area is 272 Å². The molecule has 0 spiro atoms. The zero-order valence-corrected chi connectivity index (χ0v) is 26.7. The molecule has 0 amide bonds. The highest BCUT2D eigenvalue weighted by molar-refractivity contribution is 6.31. The van der Waals surface area contributed by atoms with Gasteiger partial charge in [0.15, 0.2) is 22.6 Å². The molecule has 2 aromatic carbocycles. The van der Waals surface area contributed by atoms with Gasteiger partial charge in [-0.25, -0.2) is 9.97 Å². The van der Waals surface area contributed by atoms with Crippen molar-refractivity contribution in [2.45, 2.75) is 57.5 Å². The lowest BCUT2D eigenvalue weighted by Gasteiger charge is -2.45. The second kappa shape index (κ2) is 17.1. The molecule has 0 saturated carbocycles. The maximum Gasteiger partial charge on any atom is 0.430 e. The van der Waals surface area contributed by atoms with Gasteiger partial charge in [-0.05, 0) is 61.8 Å². The third-order valence-corrected chi connectivity index (χ3v) is 8.49. The van der Waals surface area contributed by atoms with Crippen molar-refractivity contribution in [2.75, 3.05) is 44.8 Å². The number of hydrogen-bond acceptors (Lipinski definition) is 8. The van der Waals surface area contributed by atoms with E-state index < -0.39 is 12.1 Å². The van der Waals surface area contributed by atoms with Crippen LogP contribution in [-0.2, 0) is 17.6 Å². The molecule has 46 heavy (non-hydrogen) atoms. The molecular weight excluding hydrogens is 623 g/mol. The van der Waals surface area contributed by atoms with E-state index in [-0.39, 0.29) is 34.2 Å². The van der Waals surface area contributed by atoms with Crippen molar-refractivity contribution < 1.29 is 37.1 Å². The fourth-order valence-corrected chi connectivity index (χ4v) is 6.09. The van der Waals surface area contributed by atoms with Gasteiger partial charge in [-0.1, -0.05) is 54.1 Å². The molecule has 1 fully saturated rings. The van der Waals surface area contributed by atoms with Crippen LogP contribution in [0.2, 0.25) is 5.15 Å². The van der Waals surface area contributed by atoms with E-state index in [0.29, 0.717) is 6.42 Å². The fourth-order valence-electron chi connectivity index (χ4n) is 5.97. The Bertz CT molecular complexity index is 1430. The molecule has 1 saturated heterocycles. The van der Waals surface area contributed by atoms with Crippen molar-refractivity contribution in [3.63, 3.8) is 0 Å². The van der Waals surface area contributed by atoms with Crippen LogP contribution in [0.1, 0.15) is 60.1 Å². The van der Waals surface area contributed by atoms with Crippen LogP contribution in [0.3, 0.4) is 0 Å². The normalized spacial score (nSPS) is 17.9. The number of nitrogens with two attached hydrogens (primary N) is 2. The molecule has 1 aromatic heterocycles. The summed E-state index contributed by atoms with van der Waals surface area (Å²) in [7, 11) is 1.70. The van der Waals surface area contributed by atoms with Gasteiger partial charge in [0.2, 0.25) is 0 Å². The number of carbonyl (C=O) groups excluding carboxylic acids is 2. The van der Waals surface area contributed by atoms with Gasteiger partial charge in [-0.3, -0.25) is 4.79 Å². The highest BCUT2D eigenvalue weighted by atomic mass is 35.5. The molecule has 0 radical (unpaired) electrons. The summed E-state index contributed by atoms with van der Waals surface area (Å²) < 4.78 is 37.9. The number of halogens is 4. The zero-order valence-electron chi connectivity index (χ0n) is 25.9. The van der Waals surface area contributed by atoms with Crippen molar-refractivity contribution in [1.82, 2.24) is 9.97 Å². The number of alkyl halides is 3. The Balaban J connectivity index is 0.000000738. The smallest absolute Gasteiger partial charge is 0.430 e. The quantitative estimate of drug-likeness (QED) is 0.147. The minimum Gasteiger partial charge on any atom is -0.542 e. The minimum absolute atomic E-state index is 0.0262. The zero-order chi connectivity index (χ0) is 33.7. The summed E-state index contributed by atoms with van der Waals surface area (Å²) in [6, 6.07) is 19.1. The molecule has 1 aliphatic heterocycles. The first-order valence-corrected chi connectivity index (χ1v) is 15.6. The number of Topliss-reactive ketones (excluding diaryl/α,β-unsaturated/α-hetero) is 1. The number of aliphatic carboxylic acids is 1. The van der Waals surface area contributed by atoms with Crippen LogP contribution in [0.15, 0.2) is 54.6 Å². The Hall–Kier alpha value is -3.90. The molecule has 2 unspecified atom stereocenters. The lowest BCUT2D eigenvalue weighted by molar-refractivity contribution is -0.936. The topological polar surface area (TPSA) is 144 Å². The molecular formula is C33H41ClF3N5O4. The van der Waals surface area contributed by atoms with E-state index in [2.05, 4.69) is 52.4 Å². The van der Waals surface area contributed by atoms with Gasteiger partial charge in [-0.15, -0.1) is 0 Å². The largest absolute Gasteiger partial charge is 0.542 e. The van der Waals surface area contributed by atoms with Gasteiger partial charge in [0.25, 0.3) is 0 Å². The molecule has 3 aromatic rings. The van der Waals surface area contributed by atoms with Crippen molar-refractivity contribution in [2.24, 2.45) is 5.92 Å². The maximum atomic E-state index is 13.2. The number of rotatable bonds is 13. The number of quaternary nitrogens is 1. The maximum absolute atomic E-state index is 13.2. The lowest BCUT2D eigenvalue weighted by atomic mass is 9.89. The second-order valence-corrected chi connectivity index (χ2v) is 12.0. The van der Waals surface area contributed by atoms with E-state index in [0.717, 1.165) is 68.5 Å². The van der Waals surface area contributed by atoms with E-state index >= 15 is 0 Å². The number of benzene rings is 2. The van der Waals surface area contributed by atoms with Crippen molar-refractivity contribution >= 4 is 35.0 Å². The SMILES string of the molecule is COc1ccc(CCC[N+]2(CCCCc3ccccc3)CCCC(CC(=O)c3nc(Cl)c(N)nc3N)C2)cc1.O=C([O-])C(F)(F)F. The summed E-state index contributed by atoms with van der Waals surface area (Å²) >= 11 is 6.04. The van der Waals surface area contributed by atoms with Gasteiger partial charge in [0, 0.05) is 18.8 Å². The number of unbranched alkanes of at least 4 members (excludes halogenated alkanes) is 1. The number of aryl methyl sites for hydroxylation is 2. The van der Waals surface area contributed by atoms with E-state index in [1.54, 1.807) is 7.11 Å². The van der Waals surface area contributed by atoms with Crippen LogP contribution < -0.4 is 21.3 Å². The number of hydrogen-bond donors (Lipinski definition) is 2. The summed E-state index contributed by atoms with van der Waals surface area (Å²) in [5.74, 6) is -1.84. The molecule has 0 bridgehead atoms. The van der Waals surface area contributed by atoms with Crippen molar-refractivity contribution in [3.8, 4) is 5.75 Å². The predicted molar refractivity (Wildman–Crippen MR) is 169 cm³/mol. The van der Waals surface area contributed by atoms with Crippen molar-refractivity contribution in [1.29, 1.82) is 0 Å². The molecule has 2 atom stereocenters. The summed E-state index contributed by atoms with van der Waals surface area (Å²) in [6.07, 6.45) is 2.94. The highest BCUT2D eigenvalue weighted by Gasteiger charge is 2.36. The summed E-state index contributed by atoms with van der Waals surface area (Å²) in [5.41, 5.74) is 14.5. The molecule has 2 heterocycles. The Morgan fingerprint density at radius 3 is 2.20 bits per heavy atom. The Morgan fingerprint density at radius 2 is 1.57 bits per heavy atom. The number of anilines is 2. The van der Waals surface area contributed by atoms with Crippen LogP contribution in [-0.4, -0.2) is 65.7 Å². The third-order valence-electron chi connectivity index (χ3n) is 8.21. The highest BCUT2D eigenvalue weighted by Crippen LogP contribution is 2.30. The first kappa shape index (κ1) is 36.6. The molecule has 9 nitrogen and oxygen atoms in total. The van der Waals surface area contributed by atoms with Gasteiger partial charge in [0.1, 0.15) is 17.4 Å². The van der Waals surface area contributed by atoms with E-state index in [9.17, 15) is 18.0 Å². The summed E-state index contributed by atoms with van der Waals surface area (Å²) in [6.45, 7) is 4.40. The number of carbonyl (C=O) groups is 2. The average molecular weight is 664 g/mol. The molecule has 13 heteroatoms. The fraction of sp³-hybridized carbons (Fsp3) is 0.455. The number of methoxy groups -OCH3 is 1. The van der Waals surface area contributed by atoms with Crippen molar-refractivity contribution in [3.05, 3.63) is 76.6 Å². The number of aromatic nitrogens is 2. The number of carboxylic acid groups (broad SMARTS) is 1. The van der Waals surface area contributed by atoms with E-state index in [4.69, 9.17) is 37.7 Å². The van der Waals surface area contributed by atoms with Gasteiger partial charge >= 0.3 is 6.18 Å². The molecule has 0 aliphatic carbocycles. The van der Waals surface area contributed by atoms with Crippen LogP contribution in [0.25, 0.3) is 0 Å². The first-order chi connectivity index (χ1) is 21.8. The standard InChI is InChI=1S/C31H40ClN5O2.C2HF3O2/c1-39-26-16-14-24(15-17-26)12-7-19-37(18-6-5-11-23-9-3-2-4-10-23)20-8-13-25(22-37)21-27(38)28-30(33)36-31(34)29(32)35-28;3-2(4,5)1(6)7/h2-4,9-10,14-17,25H,5-8,11-13,18-22H2,1H3,(H3-,33,34,36,38);(H,6,7). The van der Waals surface area contributed by atoms with E-state index in [1.807, 2.05) is 12.1 Å². The number of ether oxygens (including phenoxy) is 1. The number of nitrogen functional groups attached to an aromatic ring is 2. The minimum atomic E-state index is -5.19. The second-order valence-electron chi connectivity index (χ2n) is 11.6.